The van der Waals surface area contributed by atoms with E-state index < -0.39 is 12.4 Å². The van der Waals surface area contributed by atoms with E-state index in [4.69, 9.17) is 9.47 Å². The van der Waals surface area contributed by atoms with Crippen molar-refractivity contribution >= 4 is 23.2 Å². The SMILES string of the molecule is COC(C)COc1ccc2ccccc2c1[B-](F)(F)F.[K+]. The van der Waals surface area contributed by atoms with Gasteiger partial charge >= 0.3 is 58.4 Å². The van der Waals surface area contributed by atoms with Crippen molar-refractivity contribution in [3.63, 3.8) is 0 Å². The molecule has 2 aromatic carbocycles. The number of benzene rings is 2. The van der Waals surface area contributed by atoms with Crippen LogP contribution < -0.4 is 61.6 Å². The molecule has 0 saturated heterocycles. The number of fused-ring (bicyclic) bond motifs is 1. The van der Waals surface area contributed by atoms with Crippen molar-refractivity contribution in [2.24, 2.45) is 0 Å². The molecule has 2 rings (SSSR count). The van der Waals surface area contributed by atoms with Gasteiger partial charge in [-0.2, -0.15) is 0 Å². The van der Waals surface area contributed by atoms with Crippen LogP contribution in [0.5, 0.6) is 5.75 Å². The molecule has 0 N–H and O–H groups in total. The molecule has 0 heterocycles. The Morgan fingerprint density at radius 2 is 1.76 bits per heavy atom. The molecule has 1 unspecified atom stereocenters. The first-order chi connectivity index (χ1) is 9.43. The summed E-state index contributed by atoms with van der Waals surface area (Å²) in [6.07, 6.45) is -0.268. The van der Waals surface area contributed by atoms with Gasteiger partial charge in [0.05, 0.1) is 11.9 Å². The van der Waals surface area contributed by atoms with Gasteiger partial charge in [-0.05, 0) is 23.8 Å². The number of ether oxygens (including phenoxy) is 2. The Morgan fingerprint density at radius 3 is 2.38 bits per heavy atom. The minimum Gasteiger partial charge on any atom is -0.494 e. The van der Waals surface area contributed by atoms with Crippen molar-refractivity contribution in [2.45, 2.75) is 13.0 Å². The fourth-order valence-corrected chi connectivity index (χ4v) is 2.01. The number of methoxy groups -OCH3 is 1. The van der Waals surface area contributed by atoms with Gasteiger partial charge in [0.25, 0.3) is 0 Å². The van der Waals surface area contributed by atoms with Gasteiger partial charge < -0.3 is 22.4 Å². The Balaban J connectivity index is 0.00000220. The van der Waals surface area contributed by atoms with Gasteiger partial charge in [0.2, 0.25) is 0 Å². The van der Waals surface area contributed by atoms with Crippen LogP contribution in [0.25, 0.3) is 10.8 Å². The Hall–Kier alpha value is -0.0487. The van der Waals surface area contributed by atoms with Crippen molar-refractivity contribution < 1.29 is 73.8 Å². The fourth-order valence-electron chi connectivity index (χ4n) is 2.01. The van der Waals surface area contributed by atoms with Crippen molar-refractivity contribution in [3.05, 3.63) is 36.4 Å². The third-order valence-electron chi connectivity index (χ3n) is 3.13. The summed E-state index contributed by atoms with van der Waals surface area (Å²) in [5, 5.41) is 0.719. The summed E-state index contributed by atoms with van der Waals surface area (Å²) in [5.74, 6) is -0.139. The average molecular weight is 322 g/mol. The maximum absolute atomic E-state index is 13.3. The third-order valence-corrected chi connectivity index (χ3v) is 3.13. The molecule has 108 valence electrons. The van der Waals surface area contributed by atoms with E-state index in [0.29, 0.717) is 5.39 Å². The molecule has 0 fully saturated rings. The molecular formula is C14H15BF3KO2. The van der Waals surface area contributed by atoms with Crippen LogP contribution in [0, 0.1) is 0 Å². The molecule has 0 bridgehead atoms. The second-order valence-corrected chi connectivity index (χ2v) is 4.63. The van der Waals surface area contributed by atoms with Gasteiger partial charge in [0, 0.05) is 7.11 Å². The van der Waals surface area contributed by atoms with E-state index >= 15 is 0 Å². The summed E-state index contributed by atoms with van der Waals surface area (Å²) in [6, 6.07) is 9.43. The monoisotopic (exact) mass is 322 g/mol. The smallest absolute Gasteiger partial charge is 0.494 e. The van der Waals surface area contributed by atoms with Gasteiger partial charge in [-0.25, -0.2) is 0 Å². The van der Waals surface area contributed by atoms with Crippen LogP contribution in [-0.2, 0) is 4.74 Å². The standard InChI is InChI=1S/C14H15BF3O2.K/c1-10(19-2)9-20-13-8-7-11-5-3-4-6-12(11)14(13)15(16,17)18;/h3-8,10H,9H2,1-2H3;/q-1;+1. The molecule has 2 nitrogen and oxygen atoms in total. The molecule has 1 atom stereocenters. The number of rotatable bonds is 5. The molecule has 0 aromatic heterocycles. The molecule has 0 aliphatic heterocycles. The van der Waals surface area contributed by atoms with Crippen molar-refractivity contribution in [2.75, 3.05) is 13.7 Å². The van der Waals surface area contributed by atoms with Gasteiger partial charge in [0.1, 0.15) is 6.61 Å². The van der Waals surface area contributed by atoms with Crippen molar-refractivity contribution in [1.29, 1.82) is 0 Å². The molecular weight excluding hydrogens is 307 g/mol. The maximum atomic E-state index is 13.3. The topological polar surface area (TPSA) is 18.5 Å². The van der Waals surface area contributed by atoms with E-state index in [2.05, 4.69) is 0 Å². The predicted molar refractivity (Wildman–Crippen MR) is 74.6 cm³/mol. The summed E-state index contributed by atoms with van der Waals surface area (Å²) in [7, 11) is 1.49. The zero-order valence-corrected chi connectivity index (χ0v) is 15.4. The van der Waals surface area contributed by atoms with Crippen LogP contribution in [0.3, 0.4) is 0 Å². The van der Waals surface area contributed by atoms with Gasteiger partial charge in [-0.15, -0.1) is 0 Å². The summed E-state index contributed by atoms with van der Waals surface area (Å²) in [5.41, 5.74) is -0.675. The summed E-state index contributed by atoms with van der Waals surface area (Å²) < 4.78 is 50.3. The largest absolute Gasteiger partial charge is 1.00 e. The fraction of sp³-hybridized carbons (Fsp3) is 0.286. The van der Waals surface area contributed by atoms with E-state index in [1.165, 1.54) is 19.2 Å². The van der Waals surface area contributed by atoms with Gasteiger partial charge in [-0.1, -0.05) is 35.8 Å². The first-order valence-electron chi connectivity index (χ1n) is 6.30. The Labute approximate surface area is 164 Å². The molecule has 0 aliphatic carbocycles. The van der Waals surface area contributed by atoms with Crippen LogP contribution in [-0.4, -0.2) is 26.8 Å². The number of hydrogen-bond acceptors (Lipinski definition) is 2. The number of hydrogen-bond donors (Lipinski definition) is 0. The van der Waals surface area contributed by atoms with E-state index in [1.54, 1.807) is 31.2 Å². The van der Waals surface area contributed by atoms with Crippen molar-refractivity contribution in [3.8, 4) is 5.75 Å². The molecule has 0 saturated carbocycles. The molecule has 21 heavy (non-hydrogen) atoms. The first kappa shape index (κ1) is 19.0. The molecule has 2 aromatic rings. The normalized spacial score (nSPS) is 12.8. The Kier molecular flexibility index (Phi) is 7.23. The molecule has 0 amide bonds. The second-order valence-electron chi connectivity index (χ2n) is 4.63. The van der Waals surface area contributed by atoms with Crippen LogP contribution in [0.4, 0.5) is 12.9 Å². The Morgan fingerprint density at radius 1 is 1.10 bits per heavy atom. The summed E-state index contributed by atoms with van der Waals surface area (Å²) in [4.78, 5) is 0. The molecule has 0 aliphatic rings. The summed E-state index contributed by atoms with van der Waals surface area (Å²) in [6.45, 7) is -3.34. The maximum Gasteiger partial charge on any atom is 1.00 e. The van der Waals surface area contributed by atoms with E-state index in [0.717, 1.165) is 0 Å². The zero-order valence-electron chi connectivity index (χ0n) is 12.3. The predicted octanol–water partition coefficient (Wildman–Crippen LogP) is 0.312. The van der Waals surface area contributed by atoms with Crippen LogP contribution >= 0.6 is 0 Å². The van der Waals surface area contributed by atoms with Crippen molar-refractivity contribution in [1.82, 2.24) is 0 Å². The quantitative estimate of drug-likeness (QED) is 0.738. The molecule has 7 heteroatoms. The minimum atomic E-state index is -5.15. The summed E-state index contributed by atoms with van der Waals surface area (Å²) >= 11 is 0. The molecule has 0 radical (unpaired) electrons. The van der Waals surface area contributed by atoms with Gasteiger partial charge in [0.15, 0.2) is 0 Å². The van der Waals surface area contributed by atoms with Crippen LogP contribution in [0.2, 0.25) is 0 Å². The van der Waals surface area contributed by atoms with Crippen LogP contribution in [0.1, 0.15) is 6.92 Å². The third kappa shape index (κ3) is 4.71. The Bertz CT molecular complexity index is 604. The second kappa shape index (κ2) is 7.99. The first-order valence-corrected chi connectivity index (χ1v) is 6.30. The minimum absolute atomic E-state index is 0. The van der Waals surface area contributed by atoms with Gasteiger partial charge in [-0.3, -0.25) is 0 Å². The molecule has 0 spiro atoms. The zero-order chi connectivity index (χ0) is 14.8. The van der Waals surface area contributed by atoms with E-state index in [-0.39, 0.29) is 75.2 Å². The van der Waals surface area contributed by atoms with E-state index in [9.17, 15) is 12.9 Å². The number of halogens is 3. The van der Waals surface area contributed by atoms with E-state index in [1.807, 2.05) is 0 Å². The average Bonchev–Trinajstić information content (AvgIpc) is 2.42. The van der Waals surface area contributed by atoms with Crippen LogP contribution in [0.15, 0.2) is 36.4 Å².